The average Bonchev–Trinajstić information content (AvgIpc) is 2.65. The lowest BCUT2D eigenvalue weighted by Crippen LogP contribution is -2.64. The fraction of sp³-hybridized carbons (Fsp3) is 0.588. The Morgan fingerprint density at radius 3 is 2.57 bits per heavy atom. The van der Waals surface area contributed by atoms with E-state index in [4.69, 9.17) is 25.6 Å². The zero-order valence-corrected chi connectivity index (χ0v) is 17.1. The number of nitrogens with one attached hydrogen (secondary N) is 1. The normalized spacial score (nSPS) is 29.8. The van der Waals surface area contributed by atoms with Gasteiger partial charge in [0.25, 0.3) is 0 Å². The number of hydrogen-bond acceptors (Lipinski definition) is 8. The van der Waals surface area contributed by atoms with Crippen LogP contribution in [0.2, 0.25) is 0 Å². The van der Waals surface area contributed by atoms with Crippen molar-refractivity contribution < 1.29 is 38.8 Å². The van der Waals surface area contributed by atoms with Crippen LogP contribution >= 0.6 is 6.72 Å². The number of aliphatic hydroxyl groups excluding tert-OH is 3. The van der Waals surface area contributed by atoms with E-state index in [0.717, 1.165) is 12.0 Å². The minimum Gasteiger partial charge on any atom is -0.394 e. The van der Waals surface area contributed by atoms with Crippen molar-refractivity contribution in [1.82, 2.24) is 5.32 Å². The van der Waals surface area contributed by atoms with E-state index < -0.39 is 49.9 Å². The van der Waals surface area contributed by atoms with Crippen LogP contribution in [0.5, 0.6) is 0 Å². The summed E-state index contributed by atoms with van der Waals surface area (Å²) < 4.78 is 16.0. The van der Waals surface area contributed by atoms with Gasteiger partial charge in [-0.25, -0.2) is 0 Å². The Hall–Kier alpha value is -0.940. The van der Waals surface area contributed by atoms with Crippen LogP contribution in [0.25, 0.3) is 0 Å². The second-order valence-electron chi connectivity index (χ2n) is 6.43. The first-order valence-corrected chi connectivity index (χ1v) is 11.4. The molecule has 2 rings (SSSR count). The first-order chi connectivity index (χ1) is 13.2. The smallest absolute Gasteiger partial charge is 0.326 e. The quantitative estimate of drug-likeness (QED) is 0.264. The van der Waals surface area contributed by atoms with Gasteiger partial charge in [-0.05, 0) is 30.2 Å². The van der Waals surface area contributed by atoms with E-state index in [9.17, 15) is 25.0 Å². The lowest BCUT2D eigenvalue weighted by Gasteiger charge is -2.42. The molecule has 1 aliphatic heterocycles. The second kappa shape index (κ2) is 10.7. The van der Waals surface area contributed by atoms with Crippen LogP contribution in [0.15, 0.2) is 30.3 Å². The highest BCUT2D eigenvalue weighted by Gasteiger charge is 2.47. The molecule has 1 amide bonds. The Bertz CT molecular complexity index is 678. The topological polar surface area (TPSA) is 138 Å². The molecule has 0 saturated carbocycles. The maximum Gasteiger partial charge on any atom is 0.326 e. The molecule has 1 saturated heterocycles. The van der Waals surface area contributed by atoms with Crippen LogP contribution in [0.1, 0.15) is 18.9 Å². The predicted octanol–water partition coefficient (Wildman–Crippen LogP) is -0.187. The summed E-state index contributed by atoms with van der Waals surface area (Å²) in [6.45, 7) is -3.02. The Kier molecular flexibility index (Phi) is 8.94. The zero-order chi connectivity index (χ0) is 20.7. The summed E-state index contributed by atoms with van der Waals surface area (Å²) in [6, 6.07) is 8.52. The molecule has 0 radical (unpaired) electrons. The van der Waals surface area contributed by atoms with E-state index in [1.165, 1.54) is 6.92 Å². The maximum atomic E-state index is 11.4. The Balaban J connectivity index is 1.94. The van der Waals surface area contributed by atoms with E-state index in [1.807, 2.05) is 30.3 Å². The van der Waals surface area contributed by atoms with Crippen LogP contribution in [-0.2, 0) is 36.8 Å². The molecule has 1 aromatic rings. The first-order valence-electron chi connectivity index (χ1n) is 8.82. The maximum absolute atomic E-state index is 11.4. The number of carbonyl (C=O) groups is 1. The molecule has 1 heterocycles. The molecule has 1 aliphatic rings. The molecule has 0 aromatic heterocycles. The molecule has 5 N–H and O–H groups in total. The summed E-state index contributed by atoms with van der Waals surface area (Å²) in [4.78, 5) is 21.7. The van der Waals surface area contributed by atoms with Gasteiger partial charge in [-0.1, -0.05) is 30.3 Å². The molecule has 1 fully saturated rings. The molecule has 158 valence electrons. The number of ether oxygens (including phenoxy) is 1. The SMILES string of the molecule is CC(=O)N[C@@H]1[C@@H](OP(O)(=S)OCCCc2ccccc2)O[C@H](CO)[C@@H](O)[C@@H]1O. The lowest BCUT2D eigenvalue weighted by molar-refractivity contribution is -0.246. The van der Waals surface area contributed by atoms with Gasteiger partial charge in [0, 0.05) is 6.92 Å². The fourth-order valence-electron chi connectivity index (χ4n) is 2.82. The molecule has 11 heteroatoms. The van der Waals surface area contributed by atoms with Crippen molar-refractivity contribution in [2.75, 3.05) is 13.2 Å². The molecule has 0 bridgehead atoms. The minimum atomic E-state index is -3.76. The van der Waals surface area contributed by atoms with Gasteiger partial charge in [-0.15, -0.1) is 0 Å². The monoisotopic (exact) mass is 435 g/mol. The summed E-state index contributed by atoms with van der Waals surface area (Å²) in [6.07, 6.45) is -4.20. The third kappa shape index (κ3) is 6.84. The molecular formula is C17H26NO8PS. The van der Waals surface area contributed by atoms with Crippen molar-refractivity contribution in [1.29, 1.82) is 0 Å². The third-order valence-corrected chi connectivity index (χ3v) is 5.75. The number of aliphatic hydroxyl groups is 3. The van der Waals surface area contributed by atoms with Gasteiger partial charge in [0.2, 0.25) is 5.91 Å². The van der Waals surface area contributed by atoms with Crippen molar-refractivity contribution in [3.05, 3.63) is 35.9 Å². The number of amides is 1. The van der Waals surface area contributed by atoms with Crippen LogP contribution in [0.4, 0.5) is 0 Å². The highest BCUT2D eigenvalue weighted by atomic mass is 32.5. The third-order valence-electron chi connectivity index (χ3n) is 4.19. The number of hydrogen-bond donors (Lipinski definition) is 5. The Labute approximate surface area is 168 Å². The van der Waals surface area contributed by atoms with Crippen LogP contribution in [-0.4, -0.2) is 70.0 Å². The van der Waals surface area contributed by atoms with Crippen molar-refractivity contribution in [2.24, 2.45) is 0 Å². The van der Waals surface area contributed by atoms with Gasteiger partial charge in [0.1, 0.15) is 24.4 Å². The minimum absolute atomic E-state index is 0.134. The Morgan fingerprint density at radius 2 is 1.96 bits per heavy atom. The lowest BCUT2D eigenvalue weighted by atomic mass is 9.97. The Morgan fingerprint density at radius 1 is 1.29 bits per heavy atom. The van der Waals surface area contributed by atoms with Crippen molar-refractivity contribution >= 4 is 24.4 Å². The summed E-state index contributed by atoms with van der Waals surface area (Å²) in [5, 5.41) is 31.9. The number of carbonyl (C=O) groups excluding carboxylic acids is 1. The highest BCUT2D eigenvalue weighted by Crippen LogP contribution is 2.47. The van der Waals surface area contributed by atoms with Crippen LogP contribution < -0.4 is 5.32 Å². The van der Waals surface area contributed by atoms with Crippen molar-refractivity contribution in [3.63, 3.8) is 0 Å². The molecule has 28 heavy (non-hydrogen) atoms. The van der Waals surface area contributed by atoms with Gasteiger partial charge in [0.05, 0.1) is 13.2 Å². The summed E-state index contributed by atoms with van der Waals surface area (Å²) in [7, 11) is 0. The van der Waals surface area contributed by atoms with E-state index in [-0.39, 0.29) is 6.61 Å². The molecular weight excluding hydrogens is 409 g/mol. The number of rotatable bonds is 9. The van der Waals surface area contributed by atoms with Gasteiger partial charge >= 0.3 is 6.72 Å². The standard InChI is InChI=1S/C17H26NO8PS/c1-11(20)18-14-16(22)15(21)13(10-19)25-17(14)26-27(23,28)24-9-5-8-12-6-3-2-4-7-12/h2-4,6-7,13-17,19,21-22H,5,8-10H2,1H3,(H,18,20)(H,23,28)/t13-,14+,15-,16-,17-,27?/m1/s1. The van der Waals surface area contributed by atoms with Gasteiger partial charge in [0.15, 0.2) is 6.29 Å². The fourth-order valence-corrected chi connectivity index (χ4v) is 4.17. The van der Waals surface area contributed by atoms with E-state index in [2.05, 4.69) is 5.32 Å². The summed E-state index contributed by atoms with van der Waals surface area (Å²) >= 11 is 4.99. The van der Waals surface area contributed by atoms with Gasteiger partial charge in [-0.3, -0.25) is 9.32 Å². The highest BCUT2D eigenvalue weighted by molar-refractivity contribution is 8.07. The van der Waals surface area contributed by atoms with Crippen molar-refractivity contribution in [2.45, 2.75) is 50.4 Å². The van der Waals surface area contributed by atoms with Crippen LogP contribution in [0.3, 0.4) is 0 Å². The molecule has 0 aliphatic carbocycles. The van der Waals surface area contributed by atoms with Crippen molar-refractivity contribution in [3.8, 4) is 0 Å². The molecule has 1 unspecified atom stereocenters. The molecule has 9 nitrogen and oxygen atoms in total. The van der Waals surface area contributed by atoms with E-state index >= 15 is 0 Å². The molecule has 1 aromatic carbocycles. The first kappa shape index (κ1) is 23.3. The van der Waals surface area contributed by atoms with E-state index in [0.29, 0.717) is 6.42 Å². The average molecular weight is 435 g/mol. The predicted molar refractivity (Wildman–Crippen MR) is 104 cm³/mol. The second-order valence-corrected chi connectivity index (χ2v) is 9.22. The molecule has 0 spiro atoms. The number of aryl methyl sites for hydroxylation is 1. The largest absolute Gasteiger partial charge is 0.394 e. The summed E-state index contributed by atoms with van der Waals surface area (Å²) in [5.74, 6) is -0.508. The summed E-state index contributed by atoms with van der Waals surface area (Å²) in [5.41, 5.74) is 1.11. The van der Waals surface area contributed by atoms with Crippen LogP contribution in [0, 0.1) is 0 Å². The molecule has 6 atom stereocenters. The van der Waals surface area contributed by atoms with E-state index in [1.54, 1.807) is 0 Å². The van der Waals surface area contributed by atoms with Gasteiger partial charge in [-0.2, -0.15) is 0 Å². The number of benzene rings is 1. The van der Waals surface area contributed by atoms with Gasteiger partial charge < -0.3 is 34.8 Å². The zero-order valence-electron chi connectivity index (χ0n) is 15.4.